The van der Waals surface area contributed by atoms with E-state index in [-0.39, 0.29) is 0 Å². The molecule has 0 atom stereocenters. The number of amidine groups is 1. The standard InChI is InChI=1S/C11H20N2/c1-2-7-11(12-8-3-1)13-9-10-5-4-6-10/h10H,1-9H2,(H,12,13). The molecule has 2 heteroatoms. The second-order valence-corrected chi connectivity index (χ2v) is 4.32. The van der Waals surface area contributed by atoms with Crippen LogP contribution >= 0.6 is 0 Å². The van der Waals surface area contributed by atoms with Crippen molar-refractivity contribution < 1.29 is 0 Å². The molecule has 1 N–H and O–H groups in total. The van der Waals surface area contributed by atoms with Gasteiger partial charge in [-0.15, -0.1) is 0 Å². The predicted octanol–water partition coefficient (Wildman–Crippen LogP) is 2.35. The highest BCUT2D eigenvalue weighted by molar-refractivity contribution is 5.82. The van der Waals surface area contributed by atoms with Gasteiger partial charge in [-0.25, -0.2) is 0 Å². The Bertz CT molecular complexity index is 183. The van der Waals surface area contributed by atoms with Crippen LogP contribution in [-0.2, 0) is 0 Å². The second kappa shape index (κ2) is 4.64. The van der Waals surface area contributed by atoms with Gasteiger partial charge in [-0.1, -0.05) is 12.8 Å². The molecule has 2 nitrogen and oxygen atoms in total. The molecule has 13 heavy (non-hydrogen) atoms. The smallest absolute Gasteiger partial charge is 0.0963 e. The highest BCUT2D eigenvalue weighted by Crippen LogP contribution is 2.25. The summed E-state index contributed by atoms with van der Waals surface area (Å²) in [5.74, 6) is 2.23. The van der Waals surface area contributed by atoms with E-state index in [1.807, 2.05) is 0 Å². The van der Waals surface area contributed by atoms with Crippen LogP contribution in [0.5, 0.6) is 0 Å². The summed E-state index contributed by atoms with van der Waals surface area (Å²) >= 11 is 0. The van der Waals surface area contributed by atoms with Gasteiger partial charge in [-0.2, -0.15) is 0 Å². The van der Waals surface area contributed by atoms with Crippen LogP contribution in [0, 0.1) is 5.92 Å². The van der Waals surface area contributed by atoms with Crippen LogP contribution < -0.4 is 5.32 Å². The lowest BCUT2D eigenvalue weighted by molar-refractivity contribution is 0.315. The van der Waals surface area contributed by atoms with Crippen molar-refractivity contribution in [2.75, 3.05) is 13.1 Å². The molecule has 0 aromatic rings. The molecular formula is C11H20N2. The topological polar surface area (TPSA) is 24.4 Å². The summed E-state index contributed by atoms with van der Waals surface area (Å²) in [5, 5.41) is 3.51. The van der Waals surface area contributed by atoms with Crippen LogP contribution in [-0.4, -0.2) is 18.9 Å². The molecule has 0 amide bonds. The van der Waals surface area contributed by atoms with E-state index in [0.29, 0.717) is 0 Å². The van der Waals surface area contributed by atoms with Gasteiger partial charge in [0.05, 0.1) is 5.84 Å². The van der Waals surface area contributed by atoms with Crippen molar-refractivity contribution in [2.45, 2.75) is 44.9 Å². The van der Waals surface area contributed by atoms with E-state index < -0.39 is 0 Å². The molecule has 1 aliphatic heterocycles. The lowest BCUT2D eigenvalue weighted by Crippen LogP contribution is -2.32. The Labute approximate surface area is 80.8 Å². The summed E-state index contributed by atoms with van der Waals surface area (Å²) in [5.41, 5.74) is 0. The predicted molar refractivity (Wildman–Crippen MR) is 56.1 cm³/mol. The van der Waals surface area contributed by atoms with Crippen molar-refractivity contribution >= 4 is 5.84 Å². The van der Waals surface area contributed by atoms with Gasteiger partial charge in [0.1, 0.15) is 0 Å². The molecule has 2 rings (SSSR count). The number of hydrogen-bond acceptors (Lipinski definition) is 2. The summed E-state index contributed by atoms with van der Waals surface area (Å²) in [6.07, 6.45) is 9.47. The fraction of sp³-hybridized carbons (Fsp3) is 0.909. The SMILES string of the molecule is C1CCN=C(NCC2CCC2)CC1. The van der Waals surface area contributed by atoms with Gasteiger partial charge in [-0.05, 0) is 31.6 Å². The van der Waals surface area contributed by atoms with Crippen LogP contribution in [0.25, 0.3) is 0 Å². The summed E-state index contributed by atoms with van der Waals surface area (Å²) in [6, 6.07) is 0. The quantitative estimate of drug-likeness (QED) is 0.693. The minimum Gasteiger partial charge on any atom is -0.374 e. The first kappa shape index (κ1) is 9.04. The lowest BCUT2D eigenvalue weighted by atomic mass is 9.85. The van der Waals surface area contributed by atoms with Crippen molar-refractivity contribution in [3.05, 3.63) is 0 Å². The normalized spacial score (nSPS) is 24.5. The molecule has 0 unspecified atom stereocenters. The first-order valence-corrected chi connectivity index (χ1v) is 5.72. The summed E-state index contributed by atoms with van der Waals surface area (Å²) in [6.45, 7) is 2.23. The Morgan fingerprint density at radius 1 is 1.15 bits per heavy atom. The fourth-order valence-electron chi connectivity index (χ4n) is 1.98. The fourth-order valence-corrected chi connectivity index (χ4v) is 1.98. The summed E-state index contributed by atoms with van der Waals surface area (Å²) < 4.78 is 0. The maximum atomic E-state index is 4.56. The van der Waals surface area contributed by atoms with E-state index >= 15 is 0 Å². The zero-order valence-electron chi connectivity index (χ0n) is 8.39. The maximum Gasteiger partial charge on any atom is 0.0963 e. The Kier molecular flexibility index (Phi) is 3.22. The van der Waals surface area contributed by atoms with Gasteiger partial charge >= 0.3 is 0 Å². The van der Waals surface area contributed by atoms with Crippen molar-refractivity contribution in [3.63, 3.8) is 0 Å². The van der Waals surface area contributed by atoms with Crippen molar-refractivity contribution in [1.29, 1.82) is 0 Å². The third-order valence-corrected chi connectivity index (χ3v) is 3.19. The average molecular weight is 180 g/mol. The van der Waals surface area contributed by atoms with Gasteiger partial charge in [0.2, 0.25) is 0 Å². The molecule has 1 aliphatic carbocycles. The average Bonchev–Trinajstić information content (AvgIpc) is 2.30. The summed E-state index contributed by atoms with van der Waals surface area (Å²) in [4.78, 5) is 4.56. The largest absolute Gasteiger partial charge is 0.374 e. The molecule has 2 aliphatic rings. The zero-order chi connectivity index (χ0) is 8.93. The van der Waals surface area contributed by atoms with E-state index in [1.54, 1.807) is 0 Å². The molecular weight excluding hydrogens is 160 g/mol. The Hall–Kier alpha value is -0.530. The maximum absolute atomic E-state index is 4.56. The van der Waals surface area contributed by atoms with Gasteiger partial charge in [0.25, 0.3) is 0 Å². The molecule has 0 bridgehead atoms. The number of rotatable bonds is 2. The third-order valence-electron chi connectivity index (χ3n) is 3.19. The van der Waals surface area contributed by atoms with E-state index in [9.17, 15) is 0 Å². The monoisotopic (exact) mass is 180 g/mol. The second-order valence-electron chi connectivity index (χ2n) is 4.32. The van der Waals surface area contributed by atoms with E-state index in [1.165, 1.54) is 57.3 Å². The van der Waals surface area contributed by atoms with Crippen LogP contribution in [0.4, 0.5) is 0 Å². The number of nitrogens with one attached hydrogen (secondary N) is 1. The lowest BCUT2D eigenvalue weighted by Gasteiger charge is -2.26. The molecule has 0 aromatic carbocycles. The Morgan fingerprint density at radius 3 is 2.85 bits per heavy atom. The zero-order valence-corrected chi connectivity index (χ0v) is 8.39. The third kappa shape index (κ3) is 2.71. The minimum absolute atomic E-state index is 0.950. The Balaban J connectivity index is 1.69. The minimum atomic E-state index is 0.950. The van der Waals surface area contributed by atoms with Gasteiger partial charge in [0, 0.05) is 19.5 Å². The highest BCUT2D eigenvalue weighted by atomic mass is 15.0. The van der Waals surface area contributed by atoms with E-state index in [2.05, 4.69) is 10.3 Å². The molecule has 1 saturated carbocycles. The number of aliphatic imine (C=N–C) groups is 1. The van der Waals surface area contributed by atoms with Gasteiger partial charge in [-0.3, -0.25) is 4.99 Å². The van der Waals surface area contributed by atoms with Crippen LogP contribution in [0.15, 0.2) is 4.99 Å². The molecule has 1 fully saturated rings. The van der Waals surface area contributed by atoms with E-state index in [0.717, 1.165) is 12.5 Å². The van der Waals surface area contributed by atoms with Crippen LogP contribution in [0.1, 0.15) is 44.9 Å². The van der Waals surface area contributed by atoms with Crippen molar-refractivity contribution in [2.24, 2.45) is 10.9 Å². The van der Waals surface area contributed by atoms with Crippen LogP contribution in [0.3, 0.4) is 0 Å². The molecule has 1 heterocycles. The van der Waals surface area contributed by atoms with Crippen molar-refractivity contribution in [3.8, 4) is 0 Å². The highest BCUT2D eigenvalue weighted by Gasteiger charge is 2.17. The van der Waals surface area contributed by atoms with Crippen molar-refractivity contribution in [1.82, 2.24) is 5.32 Å². The molecule has 74 valence electrons. The first-order chi connectivity index (χ1) is 6.45. The molecule has 0 saturated heterocycles. The molecule has 0 spiro atoms. The van der Waals surface area contributed by atoms with E-state index in [4.69, 9.17) is 0 Å². The number of nitrogens with zero attached hydrogens (tertiary/aromatic N) is 1. The number of hydrogen-bond donors (Lipinski definition) is 1. The molecule has 0 radical (unpaired) electrons. The first-order valence-electron chi connectivity index (χ1n) is 5.72. The molecule has 0 aromatic heterocycles. The van der Waals surface area contributed by atoms with Gasteiger partial charge < -0.3 is 5.32 Å². The van der Waals surface area contributed by atoms with Crippen LogP contribution in [0.2, 0.25) is 0 Å². The Morgan fingerprint density at radius 2 is 2.08 bits per heavy atom. The summed E-state index contributed by atoms with van der Waals surface area (Å²) in [7, 11) is 0. The van der Waals surface area contributed by atoms with Gasteiger partial charge in [0.15, 0.2) is 0 Å².